The number of Topliss-reactive ketones (excluding diaryl/α,β-unsaturated/α-hetero) is 1. The van der Waals surface area contributed by atoms with Crippen LogP contribution in [-0.4, -0.2) is 57.5 Å². The van der Waals surface area contributed by atoms with Gasteiger partial charge in [-0.15, -0.1) is 0 Å². The highest BCUT2D eigenvalue weighted by Crippen LogP contribution is 2.43. The highest BCUT2D eigenvalue weighted by Gasteiger charge is 2.42. The molecule has 39 heavy (non-hydrogen) atoms. The van der Waals surface area contributed by atoms with E-state index in [0.29, 0.717) is 35.6 Å². The second-order valence-corrected chi connectivity index (χ2v) is 11.2. The zero-order valence-electron chi connectivity index (χ0n) is 22.4. The molecular formula is C31H35N5O3. The summed E-state index contributed by atoms with van der Waals surface area (Å²) in [4.78, 5) is 40.9. The summed E-state index contributed by atoms with van der Waals surface area (Å²) in [5.41, 5.74) is 4.47. The monoisotopic (exact) mass is 525 g/mol. The number of carbonyl (C=O) groups is 2. The van der Waals surface area contributed by atoms with E-state index in [4.69, 9.17) is 14.7 Å². The number of pyridine rings is 1. The third kappa shape index (κ3) is 5.71. The van der Waals surface area contributed by atoms with Crippen molar-refractivity contribution in [3.8, 4) is 11.4 Å². The van der Waals surface area contributed by atoms with Gasteiger partial charge in [0, 0.05) is 65.0 Å². The predicted molar refractivity (Wildman–Crippen MR) is 149 cm³/mol. The summed E-state index contributed by atoms with van der Waals surface area (Å²) in [6.45, 7) is 3.78. The van der Waals surface area contributed by atoms with Gasteiger partial charge >= 0.3 is 6.09 Å². The number of benzene rings is 1. The van der Waals surface area contributed by atoms with Gasteiger partial charge in [-0.2, -0.15) is 0 Å². The molecule has 0 radical (unpaired) electrons. The molecule has 1 amide bonds. The van der Waals surface area contributed by atoms with E-state index in [2.05, 4.69) is 21.3 Å². The predicted octanol–water partition coefficient (Wildman–Crippen LogP) is 5.83. The molecule has 8 heteroatoms. The number of anilines is 1. The van der Waals surface area contributed by atoms with Gasteiger partial charge in [-0.05, 0) is 75.4 Å². The summed E-state index contributed by atoms with van der Waals surface area (Å²) in [6, 6.07) is 13.4. The summed E-state index contributed by atoms with van der Waals surface area (Å²) in [6.07, 6.45) is 10.2. The van der Waals surface area contributed by atoms with Gasteiger partial charge in [-0.1, -0.05) is 25.0 Å². The number of hydrogen-bond donors (Lipinski definition) is 1. The highest BCUT2D eigenvalue weighted by atomic mass is 16.5. The number of rotatable bonds is 7. The maximum Gasteiger partial charge on any atom is 0.411 e. The van der Waals surface area contributed by atoms with Crippen LogP contribution in [0.4, 0.5) is 10.5 Å². The molecule has 3 aliphatic heterocycles. The summed E-state index contributed by atoms with van der Waals surface area (Å²) < 4.78 is 5.63. The number of carbonyl (C=O) groups excluding carboxylic acids is 2. The Labute approximate surface area is 229 Å². The van der Waals surface area contributed by atoms with E-state index in [9.17, 15) is 9.59 Å². The largest absolute Gasteiger partial charge is 0.448 e. The SMILES string of the molecule is CC(=O)c1cccc(NC(=O)OC[C@H]2C[C@@H]3CCN2C[C@@H]3c2cc(C3CCCC3)nc(-c3ccncc3)n2)c1. The standard InChI is InChI=1S/C31H35N5O3/c1-20(37)23-7-4-8-25(15-23)33-31(38)39-19-26-16-24-11-14-36(26)18-27(24)29-17-28(21-5-2-3-6-21)34-30(35-29)22-9-12-32-13-10-22/h4,7-10,12-13,15,17,21,24,26-27H,2-3,5-6,11,14,16,18-19H2,1H3,(H,33,38)/t24-,26+,27-/m0/s1. The number of nitrogens with zero attached hydrogens (tertiary/aromatic N) is 4. The van der Waals surface area contributed by atoms with E-state index in [-0.39, 0.29) is 11.8 Å². The average molecular weight is 526 g/mol. The Morgan fingerprint density at radius 1 is 1.03 bits per heavy atom. The van der Waals surface area contributed by atoms with E-state index >= 15 is 0 Å². The molecule has 4 fully saturated rings. The van der Waals surface area contributed by atoms with Crippen molar-refractivity contribution in [2.24, 2.45) is 5.92 Å². The molecule has 1 N–H and O–H groups in total. The van der Waals surface area contributed by atoms with Crippen molar-refractivity contribution < 1.29 is 14.3 Å². The second kappa shape index (κ2) is 11.2. The molecular weight excluding hydrogens is 490 g/mol. The smallest absolute Gasteiger partial charge is 0.411 e. The summed E-state index contributed by atoms with van der Waals surface area (Å²) >= 11 is 0. The molecule has 5 heterocycles. The first-order valence-electron chi connectivity index (χ1n) is 14.1. The van der Waals surface area contributed by atoms with Crippen LogP contribution in [0.1, 0.15) is 79.0 Å². The lowest BCUT2D eigenvalue weighted by molar-refractivity contribution is -0.00149. The van der Waals surface area contributed by atoms with Crippen molar-refractivity contribution in [3.63, 3.8) is 0 Å². The van der Waals surface area contributed by atoms with E-state index < -0.39 is 6.09 Å². The fourth-order valence-electron chi connectivity index (χ4n) is 6.52. The minimum Gasteiger partial charge on any atom is -0.448 e. The summed E-state index contributed by atoms with van der Waals surface area (Å²) in [5.74, 6) is 2.12. The first kappa shape index (κ1) is 25.6. The number of ether oxygens (including phenoxy) is 1. The number of ketones is 1. The number of piperidine rings is 3. The van der Waals surface area contributed by atoms with Gasteiger partial charge in [0.1, 0.15) is 6.61 Å². The van der Waals surface area contributed by atoms with Crippen LogP contribution in [0.25, 0.3) is 11.4 Å². The lowest BCUT2D eigenvalue weighted by Crippen LogP contribution is -2.54. The Morgan fingerprint density at radius 2 is 1.82 bits per heavy atom. The lowest BCUT2D eigenvalue weighted by Gasteiger charge is -2.49. The van der Waals surface area contributed by atoms with Crippen LogP contribution in [0.15, 0.2) is 54.9 Å². The Hall–Kier alpha value is -3.65. The van der Waals surface area contributed by atoms with Gasteiger partial charge in [0.05, 0.1) is 0 Å². The molecule has 1 unspecified atom stereocenters. The normalized spacial score (nSPS) is 24.4. The molecule has 3 saturated heterocycles. The molecule has 4 aliphatic rings. The number of hydrogen-bond acceptors (Lipinski definition) is 7. The zero-order chi connectivity index (χ0) is 26.8. The molecule has 8 nitrogen and oxygen atoms in total. The third-order valence-corrected chi connectivity index (χ3v) is 8.66. The van der Waals surface area contributed by atoms with Crippen LogP contribution in [0.3, 0.4) is 0 Å². The fraction of sp³-hybridized carbons (Fsp3) is 0.452. The van der Waals surface area contributed by atoms with Gasteiger partial charge in [0.15, 0.2) is 11.6 Å². The maximum absolute atomic E-state index is 12.5. The van der Waals surface area contributed by atoms with Gasteiger partial charge in [0.25, 0.3) is 0 Å². The van der Waals surface area contributed by atoms with Crippen molar-refractivity contribution in [2.75, 3.05) is 25.0 Å². The minimum atomic E-state index is -0.492. The van der Waals surface area contributed by atoms with Gasteiger partial charge in [-0.25, -0.2) is 14.8 Å². The van der Waals surface area contributed by atoms with Gasteiger partial charge < -0.3 is 4.74 Å². The molecule has 3 aromatic rings. The lowest BCUT2D eigenvalue weighted by atomic mass is 9.74. The molecule has 1 aromatic carbocycles. The van der Waals surface area contributed by atoms with E-state index in [1.165, 1.54) is 38.3 Å². The van der Waals surface area contributed by atoms with Crippen LogP contribution < -0.4 is 5.32 Å². The Kier molecular flexibility index (Phi) is 7.37. The average Bonchev–Trinajstić information content (AvgIpc) is 3.52. The van der Waals surface area contributed by atoms with Gasteiger partial charge in [0.2, 0.25) is 0 Å². The molecule has 202 valence electrons. The van der Waals surface area contributed by atoms with E-state index in [0.717, 1.165) is 43.0 Å². The number of aromatic nitrogens is 3. The van der Waals surface area contributed by atoms with Gasteiger partial charge in [-0.3, -0.25) is 20.0 Å². The minimum absolute atomic E-state index is 0.0421. The first-order valence-corrected chi connectivity index (χ1v) is 14.1. The zero-order valence-corrected chi connectivity index (χ0v) is 22.4. The Morgan fingerprint density at radius 3 is 2.56 bits per heavy atom. The summed E-state index contributed by atoms with van der Waals surface area (Å²) in [7, 11) is 0. The molecule has 1 saturated carbocycles. The number of fused-ring (bicyclic) bond motifs is 3. The third-order valence-electron chi connectivity index (χ3n) is 8.66. The van der Waals surface area contributed by atoms with Crippen LogP contribution in [0.5, 0.6) is 0 Å². The van der Waals surface area contributed by atoms with E-state index in [1.54, 1.807) is 36.7 Å². The molecule has 2 bridgehead atoms. The van der Waals surface area contributed by atoms with Crippen molar-refractivity contribution in [3.05, 3.63) is 71.8 Å². The highest BCUT2D eigenvalue weighted by molar-refractivity contribution is 5.96. The fourth-order valence-corrected chi connectivity index (χ4v) is 6.52. The van der Waals surface area contributed by atoms with Crippen molar-refractivity contribution in [2.45, 2.75) is 63.3 Å². The second-order valence-electron chi connectivity index (χ2n) is 11.2. The quantitative estimate of drug-likeness (QED) is 0.388. The number of amides is 1. The first-order chi connectivity index (χ1) is 19.0. The Balaban J connectivity index is 1.13. The maximum atomic E-state index is 12.5. The van der Waals surface area contributed by atoms with E-state index in [1.807, 2.05) is 12.1 Å². The molecule has 0 spiro atoms. The van der Waals surface area contributed by atoms with Crippen molar-refractivity contribution in [1.82, 2.24) is 19.9 Å². The van der Waals surface area contributed by atoms with Crippen LogP contribution in [0.2, 0.25) is 0 Å². The summed E-state index contributed by atoms with van der Waals surface area (Å²) in [5, 5.41) is 2.76. The van der Waals surface area contributed by atoms with Crippen LogP contribution in [0, 0.1) is 5.92 Å². The topological polar surface area (TPSA) is 97.3 Å². The molecule has 2 aromatic heterocycles. The van der Waals surface area contributed by atoms with Crippen LogP contribution >= 0.6 is 0 Å². The van der Waals surface area contributed by atoms with Crippen molar-refractivity contribution >= 4 is 17.6 Å². The molecule has 7 rings (SSSR count). The molecule has 4 atom stereocenters. The molecule has 1 aliphatic carbocycles. The number of nitrogens with one attached hydrogen (secondary N) is 1. The van der Waals surface area contributed by atoms with Crippen LogP contribution in [-0.2, 0) is 4.74 Å². The van der Waals surface area contributed by atoms with Crippen molar-refractivity contribution in [1.29, 1.82) is 0 Å². The Bertz CT molecular complexity index is 1340.